The second-order valence-electron chi connectivity index (χ2n) is 5.95. The van der Waals surface area contributed by atoms with Crippen LogP contribution in [0.3, 0.4) is 0 Å². The molecule has 0 unspecified atom stereocenters. The van der Waals surface area contributed by atoms with Crippen LogP contribution in [0.4, 0.5) is 0 Å². The first-order valence-electron chi connectivity index (χ1n) is 8.09. The zero-order valence-corrected chi connectivity index (χ0v) is 15.7. The van der Waals surface area contributed by atoms with Crippen molar-refractivity contribution >= 4 is 39.1 Å². The second kappa shape index (κ2) is 7.00. The van der Waals surface area contributed by atoms with E-state index in [2.05, 4.69) is 0 Å². The molecule has 3 rings (SSSR count). The minimum absolute atomic E-state index is 0.126. The van der Waals surface area contributed by atoms with Crippen LogP contribution in [0.5, 0.6) is 0 Å². The zero-order valence-electron chi connectivity index (χ0n) is 14.0. The van der Waals surface area contributed by atoms with Gasteiger partial charge in [0.15, 0.2) is 0 Å². The first-order chi connectivity index (χ1) is 12.1. The number of halogens is 1. The monoisotopic (exact) mass is 370 g/mol. The summed E-state index contributed by atoms with van der Waals surface area (Å²) in [4.78, 5) is 11.7. The molecule has 0 aromatic heterocycles. The predicted molar refractivity (Wildman–Crippen MR) is 108 cm³/mol. The van der Waals surface area contributed by atoms with Crippen molar-refractivity contribution in [2.45, 2.75) is 6.92 Å². The van der Waals surface area contributed by atoms with Crippen molar-refractivity contribution in [3.8, 4) is 0 Å². The van der Waals surface area contributed by atoms with Crippen LogP contribution >= 0.6 is 17.2 Å². The van der Waals surface area contributed by atoms with Gasteiger partial charge < -0.3 is 0 Å². The predicted octanol–water partition coefficient (Wildman–Crippen LogP) is 4.19. The standard InChI is InChI=1S/C21H20ClO2P/c1-18(23)24-17-25(22,19-11-5-2-6-12-19,20-13-7-3-8-14-20)21-15-9-4-10-16-21/h2-16H,17H2,1H3. The summed E-state index contributed by atoms with van der Waals surface area (Å²) in [5.74, 6) is -3.80. The number of ether oxygens (including phenoxy) is 1. The van der Waals surface area contributed by atoms with E-state index >= 15 is 0 Å². The van der Waals surface area contributed by atoms with E-state index in [1.165, 1.54) is 6.92 Å². The van der Waals surface area contributed by atoms with Crippen molar-refractivity contribution in [1.82, 2.24) is 0 Å². The van der Waals surface area contributed by atoms with E-state index in [4.69, 9.17) is 16.0 Å². The third kappa shape index (κ3) is 3.08. The van der Waals surface area contributed by atoms with E-state index in [0.717, 1.165) is 15.9 Å². The maximum atomic E-state index is 11.7. The van der Waals surface area contributed by atoms with Gasteiger partial charge in [0.25, 0.3) is 0 Å². The van der Waals surface area contributed by atoms with E-state index in [1.807, 2.05) is 91.0 Å². The van der Waals surface area contributed by atoms with Crippen molar-refractivity contribution in [3.05, 3.63) is 91.0 Å². The molecule has 0 fully saturated rings. The van der Waals surface area contributed by atoms with Gasteiger partial charge in [-0.05, 0) is 0 Å². The molecule has 0 amide bonds. The van der Waals surface area contributed by atoms with Gasteiger partial charge >= 0.3 is 153 Å². The van der Waals surface area contributed by atoms with Gasteiger partial charge in [0.05, 0.1) is 0 Å². The van der Waals surface area contributed by atoms with E-state index in [-0.39, 0.29) is 12.3 Å². The van der Waals surface area contributed by atoms with Crippen molar-refractivity contribution in [2.75, 3.05) is 6.35 Å². The summed E-state index contributed by atoms with van der Waals surface area (Å²) >= 11 is 7.67. The third-order valence-electron chi connectivity index (χ3n) is 4.39. The normalized spacial score (nSPS) is 12.8. The van der Waals surface area contributed by atoms with Gasteiger partial charge in [-0.1, -0.05) is 0 Å². The average molecular weight is 371 g/mol. The molecule has 4 heteroatoms. The fourth-order valence-electron chi connectivity index (χ4n) is 3.10. The summed E-state index contributed by atoms with van der Waals surface area (Å²) in [6.45, 7) is 1.42. The summed E-state index contributed by atoms with van der Waals surface area (Å²) in [5.41, 5.74) is 0. The molecule has 0 aliphatic heterocycles. The molecule has 0 aliphatic rings. The number of hydrogen-bond acceptors (Lipinski definition) is 2. The quantitative estimate of drug-likeness (QED) is 0.497. The Kier molecular flexibility index (Phi) is 4.94. The van der Waals surface area contributed by atoms with Crippen LogP contribution in [0.15, 0.2) is 91.0 Å². The van der Waals surface area contributed by atoms with Crippen molar-refractivity contribution in [1.29, 1.82) is 0 Å². The summed E-state index contributed by atoms with van der Waals surface area (Å²) in [6, 6.07) is 29.8. The summed E-state index contributed by atoms with van der Waals surface area (Å²) < 4.78 is 5.56. The zero-order chi connectivity index (χ0) is 17.8. The van der Waals surface area contributed by atoms with Crippen molar-refractivity contribution < 1.29 is 9.53 Å². The van der Waals surface area contributed by atoms with Crippen LogP contribution in [-0.2, 0) is 9.53 Å². The Morgan fingerprint density at radius 2 is 1.08 bits per heavy atom. The molecule has 0 radical (unpaired) electrons. The third-order valence-corrected chi connectivity index (χ3v) is 11.2. The fourth-order valence-corrected chi connectivity index (χ4v) is 8.41. The summed E-state index contributed by atoms with van der Waals surface area (Å²) in [5, 5.41) is 2.94. The van der Waals surface area contributed by atoms with Crippen LogP contribution in [0, 0.1) is 0 Å². The van der Waals surface area contributed by atoms with E-state index in [0.29, 0.717) is 0 Å². The number of rotatable bonds is 5. The van der Waals surface area contributed by atoms with Gasteiger partial charge in [-0.25, -0.2) is 0 Å². The van der Waals surface area contributed by atoms with Gasteiger partial charge in [-0.3, -0.25) is 0 Å². The molecule has 0 bridgehead atoms. The van der Waals surface area contributed by atoms with Crippen LogP contribution in [0.1, 0.15) is 6.92 Å². The number of benzene rings is 3. The Bertz CT molecular complexity index is 751. The molecule has 0 aliphatic carbocycles. The summed E-state index contributed by atoms with van der Waals surface area (Å²) in [6.07, 6.45) is 0.126. The number of esters is 1. The topological polar surface area (TPSA) is 26.3 Å². The number of carbonyl (C=O) groups excluding carboxylic acids is 1. The van der Waals surface area contributed by atoms with E-state index in [1.54, 1.807) is 0 Å². The van der Waals surface area contributed by atoms with Crippen LogP contribution in [0.2, 0.25) is 0 Å². The molecule has 3 aromatic carbocycles. The molecule has 0 saturated heterocycles. The SMILES string of the molecule is CC(=O)OCP(Cl)(c1ccccc1)(c1ccccc1)c1ccccc1. The molecule has 0 N–H and O–H groups in total. The van der Waals surface area contributed by atoms with Crippen molar-refractivity contribution in [2.24, 2.45) is 0 Å². The molecule has 25 heavy (non-hydrogen) atoms. The van der Waals surface area contributed by atoms with Gasteiger partial charge in [0.1, 0.15) is 0 Å². The first-order valence-corrected chi connectivity index (χ1v) is 11.4. The molecule has 3 aromatic rings. The Morgan fingerprint density at radius 1 is 0.760 bits per heavy atom. The Labute approximate surface area is 153 Å². The molecule has 0 heterocycles. The van der Waals surface area contributed by atoms with E-state index in [9.17, 15) is 4.79 Å². The van der Waals surface area contributed by atoms with Gasteiger partial charge in [-0.2, -0.15) is 0 Å². The van der Waals surface area contributed by atoms with Crippen LogP contribution in [-0.4, -0.2) is 12.3 Å². The Balaban J connectivity index is 2.38. The second-order valence-corrected chi connectivity index (χ2v) is 12.4. The van der Waals surface area contributed by atoms with Gasteiger partial charge in [0.2, 0.25) is 0 Å². The Hall–Kier alpha value is -2.15. The summed E-state index contributed by atoms with van der Waals surface area (Å²) in [7, 11) is 0. The number of carbonyl (C=O) groups is 1. The number of hydrogen-bond donors (Lipinski definition) is 0. The van der Waals surface area contributed by atoms with Gasteiger partial charge in [-0.15, -0.1) is 0 Å². The molecular formula is C21H20ClO2P. The minimum atomic E-state index is -3.47. The maximum absolute atomic E-state index is 11.7. The average Bonchev–Trinajstić information content (AvgIpc) is 2.68. The van der Waals surface area contributed by atoms with Crippen LogP contribution < -0.4 is 15.9 Å². The van der Waals surface area contributed by atoms with Crippen molar-refractivity contribution in [3.63, 3.8) is 0 Å². The molecule has 0 saturated carbocycles. The van der Waals surface area contributed by atoms with Gasteiger partial charge in [0, 0.05) is 0 Å². The first kappa shape index (κ1) is 17.7. The van der Waals surface area contributed by atoms with Crippen LogP contribution in [0.25, 0.3) is 0 Å². The molecule has 128 valence electrons. The molecular weight excluding hydrogens is 351 g/mol. The molecule has 0 spiro atoms. The Morgan fingerprint density at radius 3 is 1.36 bits per heavy atom. The van der Waals surface area contributed by atoms with E-state index < -0.39 is 5.96 Å². The fraction of sp³-hybridized carbons (Fsp3) is 0.0952. The molecule has 0 atom stereocenters. The molecule has 2 nitrogen and oxygen atoms in total.